The molecule has 0 atom stereocenters. The Balaban J connectivity index is 3.13. The number of hydrogen-bond acceptors (Lipinski definition) is 5. The highest BCUT2D eigenvalue weighted by molar-refractivity contribution is 5.69. The molecule has 0 rings (SSSR count). The second kappa shape index (κ2) is 26.3. The summed E-state index contributed by atoms with van der Waals surface area (Å²) in [6, 6.07) is 0. The van der Waals surface area contributed by atoms with Gasteiger partial charge in [0, 0.05) is 6.42 Å². The van der Waals surface area contributed by atoms with E-state index in [9.17, 15) is 9.18 Å². The second-order valence-corrected chi connectivity index (χ2v) is 7.74. The minimum Gasteiger partial charge on any atom is -0.463 e. The van der Waals surface area contributed by atoms with Crippen LogP contribution < -0.4 is 0 Å². The van der Waals surface area contributed by atoms with Gasteiger partial charge in [-0.15, -0.1) is 0 Å². The summed E-state index contributed by atoms with van der Waals surface area (Å²) in [6.07, 6.45) is 17.4. The standard InChI is InChI=1S/C24H47FO5/c1-2-3-4-5-6-7-8-9-10-11-12-13-14-15-24(26)30-23-22-29-21-20-28-19-18-27-17-16-25/h2-23H2,1H3. The van der Waals surface area contributed by atoms with Gasteiger partial charge in [-0.1, -0.05) is 84.0 Å². The van der Waals surface area contributed by atoms with E-state index < -0.39 is 6.67 Å². The molecule has 6 heteroatoms. The van der Waals surface area contributed by atoms with Gasteiger partial charge in [-0.2, -0.15) is 0 Å². The fourth-order valence-corrected chi connectivity index (χ4v) is 3.17. The highest BCUT2D eigenvalue weighted by Crippen LogP contribution is 2.13. The number of unbranched alkanes of at least 4 members (excludes halogenated alkanes) is 12. The molecule has 0 spiro atoms. The third kappa shape index (κ3) is 25.3. The molecule has 0 aromatic heterocycles. The van der Waals surface area contributed by atoms with Gasteiger partial charge in [-0.05, 0) is 6.42 Å². The van der Waals surface area contributed by atoms with E-state index in [0.717, 1.165) is 12.8 Å². The van der Waals surface area contributed by atoms with Gasteiger partial charge in [0.05, 0.1) is 39.6 Å². The zero-order chi connectivity index (χ0) is 22.0. The molecule has 0 aliphatic carbocycles. The molecule has 0 radical (unpaired) electrons. The fraction of sp³-hybridized carbons (Fsp3) is 0.958. The summed E-state index contributed by atoms with van der Waals surface area (Å²) in [7, 11) is 0. The van der Waals surface area contributed by atoms with Crippen molar-refractivity contribution in [1.82, 2.24) is 0 Å². The van der Waals surface area contributed by atoms with Crippen molar-refractivity contribution < 1.29 is 28.1 Å². The van der Waals surface area contributed by atoms with Gasteiger partial charge in [0.2, 0.25) is 0 Å². The lowest BCUT2D eigenvalue weighted by Crippen LogP contribution is -2.14. The van der Waals surface area contributed by atoms with Gasteiger partial charge in [-0.3, -0.25) is 4.79 Å². The van der Waals surface area contributed by atoms with Crippen LogP contribution in [0.2, 0.25) is 0 Å². The van der Waals surface area contributed by atoms with E-state index in [-0.39, 0.29) is 19.2 Å². The van der Waals surface area contributed by atoms with Crippen molar-refractivity contribution in [2.75, 3.05) is 52.9 Å². The number of carbonyl (C=O) groups is 1. The first-order valence-corrected chi connectivity index (χ1v) is 12.3. The van der Waals surface area contributed by atoms with E-state index in [1.807, 2.05) is 0 Å². The molecular weight excluding hydrogens is 387 g/mol. The van der Waals surface area contributed by atoms with Crippen LogP contribution in [0.3, 0.4) is 0 Å². The number of halogens is 1. The van der Waals surface area contributed by atoms with Crippen molar-refractivity contribution in [3.05, 3.63) is 0 Å². The van der Waals surface area contributed by atoms with Gasteiger partial charge >= 0.3 is 5.97 Å². The maximum Gasteiger partial charge on any atom is 0.305 e. The van der Waals surface area contributed by atoms with Gasteiger partial charge in [-0.25, -0.2) is 4.39 Å². The van der Waals surface area contributed by atoms with Gasteiger partial charge < -0.3 is 18.9 Å². The lowest BCUT2D eigenvalue weighted by Gasteiger charge is -2.07. The predicted octanol–water partition coefficient (Wildman–Crippen LogP) is 6.03. The molecule has 0 aliphatic heterocycles. The molecule has 5 nitrogen and oxygen atoms in total. The van der Waals surface area contributed by atoms with Gasteiger partial charge in [0.25, 0.3) is 0 Å². The Labute approximate surface area is 184 Å². The average molecular weight is 435 g/mol. The molecule has 0 saturated heterocycles. The normalized spacial score (nSPS) is 11.1. The van der Waals surface area contributed by atoms with Gasteiger partial charge in [0.15, 0.2) is 0 Å². The Hall–Kier alpha value is -0.720. The number of alkyl halides is 1. The van der Waals surface area contributed by atoms with E-state index in [0.29, 0.717) is 39.5 Å². The summed E-state index contributed by atoms with van der Waals surface area (Å²) in [5.41, 5.74) is 0. The van der Waals surface area contributed by atoms with Crippen LogP contribution in [0.15, 0.2) is 0 Å². The number of carbonyl (C=O) groups excluding carboxylic acids is 1. The van der Waals surface area contributed by atoms with Crippen molar-refractivity contribution in [2.45, 2.75) is 96.8 Å². The molecule has 0 heterocycles. The summed E-state index contributed by atoms with van der Waals surface area (Å²) in [5.74, 6) is -0.136. The second-order valence-electron chi connectivity index (χ2n) is 7.74. The molecule has 0 aromatic carbocycles. The Bertz CT molecular complexity index is 342. The molecule has 0 fully saturated rings. The molecule has 180 valence electrons. The SMILES string of the molecule is CCCCCCCCCCCCCCCC(=O)OCCOCCOCCOCCF. The monoisotopic (exact) mass is 434 g/mol. The molecule has 0 N–H and O–H groups in total. The molecule has 0 unspecified atom stereocenters. The predicted molar refractivity (Wildman–Crippen MR) is 120 cm³/mol. The number of hydrogen-bond donors (Lipinski definition) is 0. The summed E-state index contributed by atoms with van der Waals surface area (Å²) in [5, 5.41) is 0. The number of rotatable bonds is 25. The maximum atomic E-state index is 11.8. The smallest absolute Gasteiger partial charge is 0.305 e. The summed E-state index contributed by atoms with van der Waals surface area (Å²) < 4.78 is 32.5. The topological polar surface area (TPSA) is 54.0 Å². The third-order valence-electron chi connectivity index (χ3n) is 4.94. The van der Waals surface area contributed by atoms with Crippen LogP contribution >= 0.6 is 0 Å². The summed E-state index contributed by atoms with van der Waals surface area (Å²) >= 11 is 0. The maximum absolute atomic E-state index is 11.8. The fourth-order valence-electron chi connectivity index (χ4n) is 3.17. The van der Waals surface area contributed by atoms with Crippen LogP contribution in [-0.2, 0) is 23.7 Å². The Morgan fingerprint density at radius 2 is 0.967 bits per heavy atom. The van der Waals surface area contributed by atoms with Crippen LogP contribution in [-0.4, -0.2) is 58.9 Å². The minimum atomic E-state index is -0.471. The molecule has 0 amide bonds. The summed E-state index contributed by atoms with van der Waals surface area (Å²) in [4.78, 5) is 11.7. The highest BCUT2D eigenvalue weighted by Gasteiger charge is 2.02. The molecular formula is C24H47FO5. The number of esters is 1. The average Bonchev–Trinajstić information content (AvgIpc) is 2.75. The van der Waals surface area contributed by atoms with Crippen molar-refractivity contribution in [3.63, 3.8) is 0 Å². The molecule has 0 aromatic rings. The van der Waals surface area contributed by atoms with E-state index in [4.69, 9.17) is 18.9 Å². The number of ether oxygens (including phenoxy) is 4. The van der Waals surface area contributed by atoms with Crippen LogP contribution in [0.5, 0.6) is 0 Å². The van der Waals surface area contributed by atoms with Crippen LogP contribution in [0.1, 0.15) is 96.8 Å². The minimum absolute atomic E-state index is 0.116. The Morgan fingerprint density at radius 1 is 0.567 bits per heavy atom. The summed E-state index contributed by atoms with van der Waals surface area (Å²) in [6.45, 7) is 4.29. The van der Waals surface area contributed by atoms with Crippen molar-refractivity contribution >= 4 is 5.97 Å². The zero-order valence-electron chi connectivity index (χ0n) is 19.5. The van der Waals surface area contributed by atoms with E-state index >= 15 is 0 Å². The van der Waals surface area contributed by atoms with Crippen LogP contribution in [0.25, 0.3) is 0 Å². The van der Waals surface area contributed by atoms with E-state index in [1.165, 1.54) is 70.6 Å². The molecule has 0 aliphatic rings. The van der Waals surface area contributed by atoms with Crippen molar-refractivity contribution in [1.29, 1.82) is 0 Å². The molecule has 30 heavy (non-hydrogen) atoms. The van der Waals surface area contributed by atoms with Crippen LogP contribution in [0, 0.1) is 0 Å². The first-order valence-electron chi connectivity index (χ1n) is 12.3. The first-order chi connectivity index (χ1) is 14.8. The first kappa shape index (κ1) is 29.3. The quantitative estimate of drug-likeness (QED) is 0.130. The molecule has 0 saturated carbocycles. The van der Waals surface area contributed by atoms with Crippen molar-refractivity contribution in [2.24, 2.45) is 0 Å². The van der Waals surface area contributed by atoms with Crippen LogP contribution in [0.4, 0.5) is 4.39 Å². The Morgan fingerprint density at radius 3 is 1.43 bits per heavy atom. The third-order valence-corrected chi connectivity index (χ3v) is 4.94. The highest BCUT2D eigenvalue weighted by atomic mass is 19.1. The van der Waals surface area contributed by atoms with E-state index in [2.05, 4.69) is 6.92 Å². The zero-order valence-corrected chi connectivity index (χ0v) is 19.5. The van der Waals surface area contributed by atoms with E-state index in [1.54, 1.807) is 0 Å². The molecule has 0 bridgehead atoms. The lowest BCUT2D eigenvalue weighted by atomic mass is 10.0. The largest absolute Gasteiger partial charge is 0.463 e. The van der Waals surface area contributed by atoms with Gasteiger partial charge in [0.1, 0.15) is 13.3 Å². The Kier molecular flexibility index (Phi) is 25.7. The lowest BCUT2D eigenvalue weighted by molar-refractivity contribution is -0.145. The van der Waals surface area contributed by atoms with Crippen molar-refractivity contribution in [3.8, 4) is 0 Å².